The van der Waals surface area contributed by atoms with Gasteiger partial charge in [-0.3, -0.25) is 4.79 Å². The normalized spacial score (nSPS) is 21.2. The van der Waals surface area contributed by atoms with E-state index in [0.717, 1.165) is 70.6 Å². The molecule has 9 nitrogen and oxygen atoms in total. The van der Waals surface area contributed by atoms with Crippen LogP contribution in [0.3, 0.4) is 0 Å². The maximum Gasteiger partial charge on any atom is 0.220 e. The largest absolute Gasteiger partial charge is 0.394 e. The predicted octanol–water partition coefficient (Wildman–Crippen LogP) is 10.7. The van der Waals surface area contributed by atoms with E-state index in [1.165, 1.54) is 89.9 Å². The van der Waals surface area contributed by atoms with Gasteiger partial charge >= 0.3 is 0 Å². The van der Waals surface area contributed by atoms with Gasteiger partial charge in [0.25, 0.3) is 0 Å². The highest BCUT2D eigenvalue weighted by Crippen LogP contribution is 2.22. The molecule has 1 fully saturated rings. The van der Waals surface area contributed by atoms with Crippen molar-refractivity contribution in [1.82, 2.24) is 5.32 Å². The summed E-state index contributed by atoms with van der Waals surface area (Å²) < 4.78 is 11.2. The molecule has 350 valence electrons. The molecule has 0 spiro atoms. The van der Waals surface area contributed by atoms with Gasteiger partial charge in [0.1, 0.15) is 24.4 Å². The third-order valence-corrected chi connectivity index (χ3v) is 11.0. The summed E-state index contributed by atoms with van der Waals surface area (Å²) >= 11 is 0. The molecule has 0 bridgehead atoms. The van der Waals surface area contributed by atoms with Crippen molar-refractivity contribution in [3.05, 3.63) is 85.1 Å². The third-order valence-electron chi connectivity index (χ3n) is 11.0. The molecule has 0 aliphatic carbocycles. The van der Waals surface area contributed by atoms with Crippen molar-refractivity contribution in [3.63, 3.8) is 0 Å². The van der Waals surface area contributed by atoms with Gasteiger partial charge in [-0.2, -0.15) is 0 Å². The summed E-state index contributed by atoms with van der Waals surface area (Å²) in [5, 5.41) is 54.0. The Morgan fingerprint density at radius 2 is 1.05 bits per heavy atom. The molecule has 1 rings (SSSR count). The van der Waals surface area contributed by atoms with Crippen molar-refractivity contribution < 1.29 is 39.8 Å². The summed E-state index contributed by atoms with van der Waals surface area (Å²) in [7, 11) is 0. The number of rotatable bonds is 39. The molecule has 7 unspecified atom stereocenters. The zero-order chi connectivity index (χ0) is 44.4. The molecule has 1 aliphatic rings. The lowest BCUT2D eigenvalue weighted by molar-refractivity contribution is -0.302. The fraction of sp³-hybridized carbons (Fsp3) is 0.712. The summed E-state index contributed by atoms with van der Waals surface area (Å²) in [6.45, 7) is 3.39. The molecule has 1 heterocycles. The Labute approximate surface area is 371 Å². The Balaban J connectivity index is 2.16. The summed E-state index contributed by atoms with van der Waals surface area (Å²) in [5.41, 5.74) is 0. The maximum absolute atomic E-state index is 12.9. The van der Waals surface area contributed by atoms with Crippen LogP contribution in [0.2, 0.25) is 0 Å². The fourth-order valence-corrected chi connectivity index (χ4v) is 7.19. The zero-order valence-electron chi connectivity index (χ0n) is 38.4. The minimum Gasteiger partial charge on any atom is -0.394 e. The number of carbonyl (C=O) groups excluding carboxylic acids is 1. The maximum atomic E-state index is 12.9. The molecule has 1 amide bonds. The lowest BCUT2D eigenvalue weighted by atomic mass is 9.99. The number of allylic oxidation sites excluding steroid dienone is 13. The Morgan fingerprint density at radius 3 is 1.57 bits per heavy atom. The number of carbonyl (C=O) groups is 1. The monoisotopic (exact) mass is 856 g/mol. The summed E-state index contributed by atoms with van der Waals surface area (Å²) in [6, 6.07) is -0.829. The fourth-order valence-electron chi connectivity index (χ4n) is 7.19. The van der Waals surface area contributed by atoms with Crippen molar-refractivity contribution in [2.45, 2.75) is 224 Å². The van der Waals surface area contributed by atoms with Crippen molar-refractivity contribution in [2.24, 2.45) is 0 Å². The average Bonchev–Trinajstić information content (AvgIpc) is 3.26. The Morgan fingerprint density at radius 1 is 0.590 bits per heavy atom. The van der Waals surface area contributed by atoms with E-state index in [1.54, 1.807) is 6.08 Å². The van der Waals surface area contributed by atoms with Gasteiger partial charge in [-0.05, 0) is 77.6 Å². The van der Waals surface area contributed by atoms with Crippen LogP contribution in [0.15, 0.2) is 85.1 Å². The van der Waals surface area contributed by atoms with Crippen LogP contribution in [0.25, 0.3) is 0 Å². The van der Waals surface area contributed by atoms with Gasteiger partial charge in [0.05, 0.1) is 25.4 Å². The third kappa shape index (κ3) is 31.8. The van der Waals surface area contributed by atoms with E-state index in [2.05, 4.69) is 79.1 Å². The second-order valence-corrected chi connectivity index (χ2v) is 16.5. The minimum absolute atomic E-state index is 0.198. The number of amides is 1. The molecular weight excluding hydrogens is 767 g/mol. The highest BCUT2D eigenvalue weighted by atomic mass is 16.7. The van der Waals surface area contributed by atoms with Crippen LogP contribution in [0.4, 0.5) is 0 Å². The Bertz CT molecular complexity index is 1220. The van der Waals surface area contributed by atoms with Crippen LogP contribution in [0, 0.1) is 0 Å². The van der Waals surface area contributed by atoms with Crippen LogP contribution in [-0.2, 0) is 14.3 Å². The molecule has 6 N–H and O–H groups in total. The van der Waals surface area contributed by atoms with Crippen LogP contribution < -0.4 is 5.32 Å². The summed E-state index contributed by atoms with van der Waals surface area (Å²) in [6.07, 6.45) is 51.0. The van der Waals surface area contributed by atoms with E-state index >= 15 is 0 Å². The number of hydrogen-bond acceptors (Lipinski definition) is 8. The van der Waals surface area contributed by atoms with Crippen LogP contribution >= 0.6 is 0 Å². The molecule has 0 saturated carbocycles. The molecule has 0 aromatic heterocycles. The lowest BCUT2D eigenvalue weighted by Crippen LogP contribution is -2.60. The molecule has 0 aromatic rings. The average molecular weight is 856 g/mol. The topological polar surface area (TPSA) is 149 Å². The second-order valence-electron chi connectivity index (χ2n) is 16.5. The summed E-state index contributed by atoms with van der Waals surface area (Å²) in [4.78, 5) is 12.9. The zero-order valence-corrected chi connectivity index (χ0v) is 38.4. The van der Waals surface area contributed by atoms with E-state index in [-0.39, 0.29) is 12.5 Å². The predicted molar refractivity (Wildman–Crippen MR) is 253 cm³/mol. The first-order valence-corrected chi connectivity index (χ1v) is 24.3. The highest BCUT2D eigenvalue weighted by molar-refractivity contribution is 5.76. The first-order chi connectivity index (χ1) is 29.8. The first-order valence-electron chi connectivity index (χ1n) is 24.3. The first kappa shape index (κ1) is 56.4. The van der Waals surface area contributed by atoms with Crippen LogP contribution in [0.1, 0.15) is 181 Å². The SMILES string of the molecule is C/C=C/CC/C=C/CC/C=C/C(O)C(COC1OC(CO)C(O)C(O)C1O)NC(=O)CCCCCCCCCCCCCCCCCC/C=C\C/C=C\C/C=C\C/C=C\CC. The molecule has 0 radical (unpaired) electrons. The quantitative estimate of drug-likeness (QED) is 0.0264. The smallest absolute Gasteiger partial charge is 0.220 e. The second kappa shape index (κ2) is 41.4. The lowest BCUT2D eigenvalue weighted by Gasteiger charge is -2.40. The van der Waals surface area contributed by atoms with Gasteiger partial charge in [0.15, 0.2) is 6.29 Å². The van der Waals surface area contributed by atoms with Gasteiger partial charge in [0.2, 0.25) is 5.91 Å². The van der Waals surface area contributed by atoms with Gasteiger partial charge in [-0.25, -0.2) is 0 Å². The molecule has 1 aliphatic heterocycles. The molecule has 0 aromatic carbocycles. The van der Waals surface area contributed by atoms with E-state index in [1.807, 2.05) is 19.1 Å². The van der Waals surface area contributed by atoms with Crippen LogP contribution in [0.5, 0.6) is 0 Å². The van der Waals surface area contributed by atoms with E-state index < -0.39 is 49.5 Å². The molecule has 7 atom stereocenters. The number of hydrogen-bond donors (Lipinski definition) is 6. The number of nitrogens with one attached hydrogen (secondary N) is 1. The van der Waals surface area contributed by atoms with Crippen molar-refractivity contribution in [1.29, 1.82) is 0 Å². The highest BCUT2D eigenvalue weighted by Gasteiger charge is 2.44. The van der Waals surface area contributed by atoms with Crippen LogP contribution in [-0.4, -0.2) is 87.5 Å². The number of unbranched alkanes of at least 4 members (excludes halogenated alkanes) is 18. The van der Waals surface area contributed by atoms with Crippen molar-refractivity contribution >= 4 is 5.91 Å². The van der Waals surface area contributed by atoms with E-state index in [9.17, 15) is 30.3 Å². The number of ether oxygens (including phenoxy) is 2. The Hall–Kier alpha value is -2.63. The molecule has 61 heavy (non-hydrogen) atoms. The number of aliphatic hydroxyl groups excluding tert-OH is 5. The van der Waals surface area contributed by atoms with E-state index in [0.29, 0.717) is 6.42 Å². The molecule has 1 saturated heterocycles. The molecule has 9 heteroatoms. The minimum atomic E-state index is -1.58. The van der Waals surface area contributed by atoms with Crippen molar-refractivity contribution in [3.8, 4) is 0 Å². The van der Waals surface area contributed by atoms with Gasteiger partial charge < -0.3 is 40.3 Å². The molecular formula is C52H89NO8. The van der Waals surface area contributed by atoms with E-state index in [4.69, 9.17) is 9.47 Å². The summed E-state index contributed by atoms with van der Waals surface area (Å²) in [5.74, 6) is -0.198. The van der Waals surface area contributed by atoms with Gasteiger partial charge in [-0.1, -0.05) is 182 Å². The van der Waals surface area contributed by atoms with Crippen molar-refractivity contribution in [2.75, 3.05) is 13.2 Å². The number of aliphatic hydroxyl groups is 5. The standard InChI is InChI=1S/C52H89NO8/c1-3-5-7-9-11-13-14-15-16-17-18-19-20-21-22-23-24-25-26-27-28-29-30-31-32-34-36-38-40-42-48(56)53-45(46(55)41-39-37-35-33-12-10-8-6-4-2)44-60-52-51(59)50(58)49(57)47(43-54)61-52/h4-7,11-13,15-16,18-19,33,39,41,45-47,49-52,54-55,57-59H,3,8-10,14,17,20-32,34-38,40,42-44H2,1-2H3,(H,53,56)/b6-4+,7-5-,13-11-,16-15-,19-18-,33-12+,41-39+. The Kier molecular flexibility index (Phi) is 38.3. The van der Waals surface area contributed by atoms with Gasteiger partial charge in [0, 0.05) is 6.42 Å². The van der Waals surface area contributed by atoms with Gasteiger partial charge in [-0.15, -0.1) is 0 Å².